The van der Waals surface area contributed by atoms with E-state index < -0.39 is 0 Å². The van der Waals surface area contributed by atoms with E-state index in [0.29, 0.717) is 50.6 Å². The Balaban J connectivity index is 1.32. The molecule has 0 radical (unpaired) electrons. The highest BCUT2D eigenvalue weighted by Crippen LogP contribution is 2.21. The van der Waals surface area contributed by atoms with Crippen molar-refractivity contribution in [2.45, 2.75) is 13.0 Å². The minimum Gasteiger partial charge on any atom is -0.489 e. The first kappa shape index (κ1) is 22.2. The first-order chi connectivity index (χ1) is 16.1. The van der Waals surface area contributed by atoms with E-state index in [1.807, 2.05) is 48.5 Å². The van der Waals surface area contributed by atoms with Gasteiger partial charge in [0.25, 0.3) is 0 Å². The maximum atomic E-state index is 13.2. The number of para-hydroxylation sites is 1. The number of anilines is 2. The first-order valence-electron chi connectivity index (χ1n) is 10.9. The summed E-state index contributed by atoms with van der Waals surface area (Å²) in [6.07, 6.45) is 0.368. The number of nitrogens with one attached hydrogen (secondary N) is 1. The molecule has 7 heteroatoms. The molecule has 3 aromatic rings. The summed E-state index contributed by atoms with van der Waals surface area (Å²) in [6.45, 7) is 2.84. The van der Waals surface area contributed by atoms with Gasteiger partial charge in [0.05, 0.1) is 12.5 Å². The molecule has 2 amide bonds. The van der Waals surface area contributed by atoms with Gasteiger partial charge >= 0.3 is 6.03 Å². The van der Waals surface area contributed by atoms with E-state index in [0.717, 1.165) is 16.8 Å². The van der Waals surface area contributed by atoms with E-state index in [2.05, 4.69) is 16.3 Å². The minimum absolute atomic E-state index is 0.151. The summed E-state index contributed by atoms with van der Waals surface area (Å²) >= 11 is 0. The number of carbonyl (C=O) groups excluding carboxylic acids is 1. The van der Waals surface area contributed by atoms with Crippen molar-refractivity contribution >= 4 is 17.4 Å². The topological polar surface area (TPSA) is 68.6 Å². The van der Waals surface area contributed by atoms with E-state index in [4.69, 9.17) is 10.00 Å². The Hall–Kier alpha value is -4.05. The third-order valence-corrected chi connectivity index (χ3v) is 5.62. The number of carbonyl (C=O) groups is 1. The van der Waals surface area contributed by atoms with Gasteiger partial charge in [-0.05, 0) is 48.0 Å². The molecule has 6 nitrogen and oxygen atoms in total. The maximum absolute atomic E-state index is 13.2. The van der Waals surface area contributed by atoms with Crippen LogP contribution in [0.5, 0.6) is 5.75 Å². The van der Waals surface area contributed by atoms with Gasteiger partial charge in [-0.2, -0.15) is 5.26 Å². The zero-order valence-corrected chi connectivity index (χ0v) is 18.2. The zero-order chi connectivity index (χ0) is 23.0. The lowest BCUT2D eigenvalue weighted by molar-refractivity contribution is 0.208. The zero-order valence-electron chi connectivity index (χ0n) is 18.2. The first-order valence-corrected chi connectivity index (χ1v) is 10.9. The van der Waals surface area contributed by atoms with Crippen LogP contribution >= 0.6 is 0 Å². The fourth-order valence-electron chi connectivity index (χ4n) is 3.74. The molecule has 0 aromatic heterocycles. The van der Waals surface area contributed by atoms with Crippen molar-refractivity contribution in [1.82, 2.24) is 4.90 Å². The molecule has 1 fully saturated rings. The molecule has 4 rings (SSSR count). The summed E-state index contributed by atoms with van der Waals surface area (Å²) in [5.74, 6) is 0.449. The van der Waals surface area contributed by atoms with Gasteiger partial charge in [-0.1, -0.05) is 30.3 Å². The summed E-state index contributed by atoms with van der Waals surface area (Å²) < 4.78 is 19.0. The van der Waals surface area contributed by atoms with Crippen LogP contribution in [0.1, 0.15) is 11.1 Å². The fraction of sp³-hybridized carbons (Fsp3) is 0.231. The number of nitrogens with zero attached hydrogens (tertiary/aromatic N) is 3. The van der Waals surface area contributed by atoms with Crippen LogP contribution in [0.3, 0.4) is 0 Å². The number of halogens is 1. The predicted octanol–water partition coefficient (Wildman–Crippen LogP) is 4.82. The fourth-order valence-corrected chi connectivity index (χ4v) is 3.74. The predicted molar refractivity (Wildman–Crippen MR) is 126 cm³/mol. The van der Waals surface area contributed by atoms with Crippen LogP contribution in [0.4, 0.5) is 20.6 Å². The average Bonchev–Trinajstić information content (AvgIpc) is 2.85. The Morgan fingerprint density at radius 3 is 2.36 bits per heavy atom. The number of hydrogen-bond donors (Lipinski definition) is 1. The molecule has 1 aliphatic rings. The lowest BCUT2D eigenvalue weighted by Crippen LogP contribution is -2.50. The number of amides is 2. The summed E-state index contributed by atoms with van der Waals surface area (Å²) in [5.41, 5.74) is 3.48. The van der Waals surface area contributed by atoms with Gasteiger partial charge in [-0.15, -0.1) is 0 Å². The van der Waals surface area contributed by atoms with Crippen molar-refractivity contribution in [3.8, 4) is 11.8 Å². The molecule has 33 heavy (non-hydrogen) atoms. The Morgan fingerprint density at radius 1 is 0.970 bits per heavy atom. The molecule has 1 aliphatic heterocycles. The Morgan fingerprint density at radius 2 is 1.67 bits per heavy atom. The second-order valence-corrected chi connectivity index (χ2v) is 7.81. The molecule has 0 atom stereocenters. The molecule has 0 spiro atoms. The van der Waals surface area contributed by atoms with Crippen LogP contribution in [0, 0.1) is 17.1 Å². The highest BCUT2D eigenvalue weighted by atomic mass is 19.1. The van der Waals surface area contributed by atoms with Crippen LogP contribution in [0.25, 0.3) is 0 Å². The summed E-state index contributed by atoms with van der Waals surface area (Å²) in [4.78, 5) is 16.8. The highest BCUT2D eigenvalue weighted by molar-refractivity contribution is 5.90. The molecule has 1 heterocycles. The Bertz CT molecular complexity index is 1120. The number of nitriles is 1. The number of hydrogen-bond acceptors (Lipinski definition) is 4. The molecule has 0 unspecified atom stereocenters. The number of urea groups is 1. The van der Waals surface area contributed by atoms with Gasteiger partial charge in [0, 0.05) is 43.1 Å². The number of ether oxygens (including phenoxy) is 1. The van der Waals surface area contributed by atoms with E-state index in [1.54, 1.807) is 17.0 Å². The van der Waals surface area contributed by atoms with E-state index in [9.17, 15) is 9.18 Å². The molecule has 168 valence electrons. The van der Waals surface area contributed by atoms with Crippen molar-refractivity contribution < 1.29 is 13.9 Å². The average molecular weight is 445 g/mol. The van der Waals surface area contributed by atoms with E-state index in [1.165, 1.54) is 12.1 Å². The van der Waals surface area contributed by atoms with E-state index >= 15 is 0 Å². The van der Waals surface area contributed by atoms with Crippen LogP contribution in [0.15, 0.2) is 72.8 Å². The van der Waals surface area contributed by atoms with Crippen LogP contribution in [-0.2, 0) is 13.0 Å². The van der Waals surface area contributed by atoms with Crippen molar-refractivity contribution in [3.05, 3.63) is 89.7 Å². The Kier molecular flexibility index (Phi) is 7.06. The summed E-state index contributed by atoms with van der Waals surface area (Å²) in [6, 6.07) is 23.4. The molecule has 0 bridgehead atoms. The van der Waals surface area contributed by atoms with Crippen LogP contribution < -0.4 is 15.0 Å². The van der Waals surface area contributed by atoms with Crippen molar-refractivity contribution in [1.29, 1.82) is 5.26 Å². The molecule has 1 N–H and O–H groups in total. The molecule has 1 saturated heterocycles. The van der Waals surface area contributed by atoms with Gasteiger partial charge in [0.15, 0.2) is 0 Å². The standard InChI is InChI=1S/C26H25FN4O2/c27-22-7-9-23(10-8-22)30-15-17-31(18-16-30)26(32)29-25-4-2-1-3-21(25)19-33-24-11-5-20(6-12-24)13-14-28/h1-12H,13,15-19H2,(H,29,32). The van der Waals surface area contributed by atoms with Gasteiger partial charge in [0.2, 0.25) is 0 Å². The molecule has 0 aliphatic carbocycles. The summed E-state index contributed by atoms with van der Waals surface area (Å²) in [7, 11) is 0. The van der Waals surface area contributed by atoms with Gasteiger partial charge in [-0.3, -0.25) is 0 Å². The van der Waals surface area contributed by atoms with Crippen molar-refractivity contribution in [2.75, 3.05) is 36.4 Å². The molecular weight excluding hydrogens is 419 g/mol. The molecule has 0 saturated carbocycles. The smallest absolute Gasteiger partial charge is 0.321 e. The third-order valence-electron chi connectivity index (χ3n) is 5.62. The highest BCUT2D eigenvalue weighted by Gasteiger charge is 2.22. The lowest BCUT2D eigenvalue weighted by atomic mass is 10.1. The van der Waals surface area contributed by atoms with Crippen molar-refractivity contribution in [2.24, 2.45) is 0 Å². The number of piperazine rings is 1. The van der Waals surface area contributed by atoms with Gasteiger partial charge in [-0.25, -0.2) is 9.18 Å². The van der Waals surface area contributed by atoms with E-state index in [-0.39, 0.29) is 11.8 Å². The SMILES string of the molecule is N#CCc1ccc(OCc2ccccc2NC(=O)N2CCN(c3ccc(F)cc3)CC2)cc1. The summed E-state index contributed by atoms with van der Waals surface area (Å²) in [5, 5.41) is 11.8. The van der Waals surface area contributed by atoms with Crippen LogP contribution in [0.2, 0.25) is 0 Å². The van der Waals surface area contributed by atoms with Gasteiger partial charge in [0.1, 0.15) is 18.2 Å². The van der Waals surface area contributed by atoms with Gasteiger partial charge < -0.3 is 19.9 Å². The number of rotatable bonds is 6. The monoisotopic (exact) mass is 444 g/mol. The lowest BCUT2D eigenvalue weighted by Gasteiger charge is -2.36. The largest absolute Gasteiger partial charge is 0.489 e. The second kappa shape index (κ2) is 10.5. The Labute approximate surface area is 192 Å². The van der Waals surface area contributed by atoms with Crippen molar-refractivity contribution in [3.63, 3.8) is 0 Å². The minimum atomic E-state index is -0.254. The molecule has 3 aromatic carbocycles. The molecular formula is C26H25FN4O2. The second-order valence-electron chi connectivity index (χ2n) is 7.81. The normalized spacial score (nSPS) is 13.3. The van der Waals surface area contributed by atoms with Crippen LogP contribution in [-0.4, -0.2) is 37.1 Å². The third kappa shape index (κ3) is 5.80. The maximum Gasteiger partial charge on any atom is 0.321 e. The quantitative estimate of drug-likeness (QED) is 0.592. The number of benzene rings is 3.